The molecule has 0 fully saturated rings. The summed E-state index contributed by atoms with van der Waals surface area (Å²) in [7, 11) is 0. The second-order valence-electron chi connectivity index (χ2n) is 14.4. The number of rotatable bonds is 6. The molecule has 56 heavy (non-hydrogen) atoms. The van der Waals surface area contributed by atoms with Crippen LogP contribution in [0.5, 0.6) is 0 Å². The van der Waals surface area contributed by atoms with Gasteiger partial charge in [-0.2, -0.15) is 0 Å². The summed E-state index contributed by atoms with van der Waals surface area (Å²) in [4.78, 5) is 0. The number of benzene rings is 9. The Hall–Kier alpha value is -7.42. The number of para-hydroxylation sites is 4. The molecule has 0 unspecified atom stereocenters. The summed E-state index contributed by atoms with van der Waals surface area (Å²) < 4.78 is 13.3. The van der Waals surface area contributed by atoms with Crippen molar-refractivity contribution in [3.63, 3.8) is 0 Å². The minimum atomic E-state index is 0.894. The van der Waals surface area contributed by atoms with Crippen LogP contribution in [0.4, 0.5) is 0 Å². The van der Waals surface area contributed by atoms with Gasteiger partial charge in [0.15, 0.2) is 0 Å². The van der Waals surface area contributed by atoms with Gasteiger partial charge in [0, 0.05) is 38.2 Å². The van der Waals surface area contributed by atoms with Crippen molar-refractivity contribution in [2.75, 3.05) is 0 Å². The molecule has 0 amide bonds. The normalized spacial score (nSPS) is 11.6. The van der Waals surface area contributed by atoms with E-state index < -0.39 is 0 Å². The number of hydrogen-bond donors (Lipinski definition) is 0. The first-order valence-electron chi connectivity index (χ1n) is 19.1. The second kappa shape index (κ2) is 13.2. The Balaban J connectivity index is 0.959. The van der Waals surface area contributed by atoms with Crippen LogP contribution in [0.2, 0.25) is 0 Å². The smallest absolute Gasteiger partial charge is 0.143 e. The zero-order valence-electron chi connectivity index (χ0n) is 30.4. The Kier molecular flexibility index (Phi) is 7.53. The molecule has 2 nitrogen and oxygen atoms in total. The molecule has 0 saturated carbocycles. The van der Waals surface area contributed by atoms with Gasteiger partial charge < -0.3 is 8.83 Å². The van der Waals surface area contributed by atoms with Gasteiger partial charge in [0.2, 0.25) is 0 Å². The van der Waals surface area contributed by atoms with Gasteiger partial charge in [0.1, 0.15) is 22.3 Å². The zero-order valence-corrected chi connectivity index (χ0v) is 30.4. The van der Waals surface area contributed by atoms with Crippen LogP contribution >= 0.6 is 0 Å². The Morgan fingerprint density at radius 2 is 0.554 bits per heavy atom. The van der Waals surface area contributed by atoms with E-state index in [9.17, 15) is 0 Å². The Labute approximate surface area is 324 Å². The first kappa shape index (κ1) is 32.0. The van der Waals surface area contributed by atoms with Crippen LogP contribution in [0, 0.1) is 0 Å². The fourth-order valence-corrected chi connectivity index (χ4v) is 8.33. The minimum absolute atomic E-state index is 0.894. The maximum absolute atomic E-state index is 6.91. The van der Waals surface area contributed by atoms with Gasteiger partial charge in [-0.05, 0) is 74.3 Å². The third kappa shape index (κ3) is 5.42. The summed E-state index contributed by atoms with van der Waals surface area (Å²) in [5, 5.41) is 4.49. The molecule has 0 aliphatic rings. The van der Waals surface area contributed by atoms with E-state index in [1.165, 1.54) is 22.3 Å². The molecule has 0 spiro atoms. The molecule has 0 bridgehead atoms. The molecule has 2 heterocycles. The lowest BCUT2D eigenvalue weighted by atomic mass is 9.95. The van der Waals surface area contributed by atoms with E-state index in [1.807, 2.05) is 12.1 Å². The van der Waals surface area contributed by atoms with E-state index in [1.54, 1.807) is 0 Å². The predicted octanol–water partition coefficient (Wildman–Crippen LogP) is 15.5. The molecule has 11 rings (SSSR count). The molecule has 2 aromatic heterocycles. The van der Waals surface area contributed by atoms with Crippen LogP contribution in [0.3, 0.4) is 0 Å². The van der Waals surface area contributed by atoms with Gasteiger partial charge in [-0.3, -0.25) is 0 Å². The van der Waals surface area contributed by atoms with Crippen LogP contribution in [-0.4, -0.2) is 0 Å². The third-order valence-corrected chi connectivity index (χ3v) is 11.1. The summed E-state index contributed by atoms with van der Waals surface area (Å²) >= 11 is 0. The monoisotopic (exact) mass is 714 g/mol. The van der Waals surface area contributed by atoms with Crippen LogP contribution in [0.25, 0.3) is 111 Å². The molecule has 2 heteroatoms. The SMILES string of the molecule is c1ccc(-c2ccc(-c3cccc(-c4cccc5c4oc4c(-c6cccc(-c7cccc(-c8cccc9c8oc8ccccc89)c7)c6)cccc45)c3)cc2)cc1. The summed E-state index contributed by atoms with van der Waals surface area (Å²) in [5.74, 6) is 0. The van der Waals surface area contributed by atoms with E-state index in [-0.39, 0.29) is 0 Å². The molecule has 262 valence electrons. The van der Waals surface area contributed by atoms with Gasteiger partial charge in [-0.1, -0.05) is 182 Å². The lowest BCUT2D eigenvalue weighted by molar-refractivity contribution is 0.670. The van der Waals surface area contributed by atoms with Crippen molar-refractivity contribution in [1.82, 2.24) is 0 Å². The first-order valence-corrected chi connectivity index (χ1v) is 19.1. The Morgan fingerprint density at radius 3 is 1.09 bits per heavy atom. The standard InChI is InChI=1S/C54H34O2/c1-2-12-35(13-3-1)36-28-30-37(31-29-36)38-14-6-17-41(32-38)45-22-10-25-49-50-26-11-23-46(54(50)56-53(45)49)43-19-8-16-40(34-43)39-15-7-18-42(33-39)44-21-9-24-48-47-20-4-5-27-51(47)55-52(44)48/h1-34H. The van der Waals surface area contributed by atoms with Crippen molar-refractivity contribution in [1.29, 1.82) is 0 Å². The lowest BCUT2D eigenvalue weighted by Crippen LogP contribution is -1.84. The van der Waals surface area contributed by atoms with Crippen molar-refractivity contribution in [2.45, 2.75) is 0 Å². The van der Waals surface area contributed by atoms with Crippen molar-refractivity contribution in [3.05, 3.63) is 206 Å². The Bertz CT molecular complexity index is 3240. The summed E-state index contributed by atoms with van der Waals surface area (Å²) in [6, 6.07) is 73.2. The highest BCUT2D eigenvalue weighted by Gasteiger charge is 2.17. The van der Waals surface area contributed by atoms with Crippen LogP contribution in [0.1, 0.15) is 0 Å². The number of furan rings is 2. The molecule has 0 radical (unpaired) electrons. The Morgan fingerprint density at radius 1 is 0.214 bits per heavy atom. The largest absolute Gasteiger partial charge is 0.455 e. The van der Waals surface area contributed by atoms with E-state index in [0.717, 1.165) is 88.4 Å². The molecule has 0 aliphatic carbocycles. The first-order chi connectivity index (χ1) is 27.7. The fraction of sp³-hybridized carbons (Fsp3) is 0. The number of hydrogen-bond acceptors (Lipinski definition) is 2. The maximum atomic E-state index is 6.91. The van der Waals surface area contributed by atoms with E-state index in [4.69, 9.17) is 8.83 Å². The van der Waals surface area contributed by atoms with Gasteiger partial charge in [0.05, 0.1) is 0 Å². The molecule has 11 aromatic rings. The van der Waals surface area contributed by atoms with Gasteiger partial charge in [0.25, 0.3) is 0 Å². The predicted molar refractivity (Wildman–Crippen MR) is 234 cm³/mol. The van der Waals surface area contributed by atoms with E-state index in [0.29, 0.717) is 0 Å². The topological polar surface area (TPSA) is 26.3 Å². The molecule has 0 N–H and O–H groups in total. The molecule has 9 aromatic carbocycles. The summed E-state index contributed by atoms with van der Waals surface area (Å²) in [6.07, 6.45) is 0. The van der Waals surface area contributed by atoms with Crippen LogP contribution in [-0.2, 0) is 0 Å². The molecule has 0 aliphatic heterocycles. The highest BCUT2D eigenvalue weighted by atomic mass is 16.3. The van der Waals surface area contributed by atoms with E-state index in [2.05, 4.69) is 194 Å². The highest BCUT2D eigenvalue weighted by Crippen LogP contribution is 2.42. The fourth-order valence-electron chi connectivity index (χ4n) is 8.33. The van der Waals surface area contributed by atoms with E-state index >= 15 is 0 Å². The second-order valence-corrected chi connectivity index (χ2v) is 14.4. The van der Waals surface area contributed by atoms with Gasteiger partial charge in [-0.25, -0.2) is 0 Å². The molecular formula is C54H34O2. The lowest BCUT2D eigenvalue weighted by Gasteiger charge is -2.09. The number of fused-ring (bicyclic) bond motifs is 6. The van der Waals surface area contributed by atoms with Crippen LogP contribution in [0.15, 0.2) is 215 Å². The maximum Gasteiger partial charge on any atom is 0.143 e. The molecular weight excluding hydrogens is 681 g/mol. The van der Waals surface area contributed by atoms with Crippen molar-refractivity contribution in [3.8, 4) is 66.8 Å². The average molecular weight is 715 g/mol. The summed E-state index contributed by atoms with van der Waals surface area (Å²) in [6.45, 7) is 0. The highest BCUT2D eigenvalue weighted by molar-refractivity contribution is 6.13. The summed E-state index contributed by atoms with van der Waals surface area (Å²) in [5.41, 5.74) is 17.3. The minimum Gasteiger partial charge on any atom is -0.455 e. The zero-order chi connectivity index (χ0) is 37.0. The average Bonchev–Trinajstić information content (AvgIpc) is 3.86. The molecule has 0 atom stereocenters. The quantitative estimate of drug-likeness (QED) is 0.171. The van der Waals surface area contributed by atoms with Gasteiger partial charge >= 0.3 is 0 Å². The van der Waals surface area contributed by atoms with Crippen molar-refractivity contribution in [2.24, 2.45) is 0 Å². The van der Waals surface area contributed by atoms with Crippen LogP contribution < -0.4 is 0 Å². The van der Waals surface area contributed by atoms with Crippen molar-refractivity contribution >= 4 is 43.9 Å². The molecule has 0 saturated heterocycles. The third-order valence-electron chi connectivity index (χ3n) is 11.1. The van der Waals surface area contributed by atoms with Gasteiger partial charge in [-0.15, -0.1) is 0 Å². The van der Waals surface area contributed by atoms with Crippen molar-refractivity contribution < 1.29 is 8.83 Å².